The Hall–Kier alpha value is -4.20. The van der Waals surface area contributed by atoms with E-state index in [0.29, 0.717) is 18.9 Å². The highest BCUT2D eigenvalue weighted by Gasteiger charge is 2.15. The van der Waals surface area contributed by atoms with Gasteiger partial charge >= 0.3 is 6.03 Å². The quantitative estimate of drug-likeness (QED) is 0.353. The van der Waals surface area contributed by atoms with E-state index in [1.54, 1.807) is 7.11 Å². The van der Waals surface area contributed by atoms with Gasteiger partial charge in [0.1, 0.15) is 5.75 Å². The van der Waals surface area contributed by atoms with Gasteiger partial charge in [-0.3, -0.25) is 0 Å². The van der Waals surface area contributed by atoms with Crippen LogP contribution in [0.1, 0.15) is 25.3 Å². The molecule has 0 aliphatic rings. The Bertz CT molecular complexity index is 1190. The summed E-state index contributed by atoms with van der Waals surface area (Å²) in [5.74, 6) is 1.38. The average Bonchev–Trinajstić information content (AvgIpc) is 3.42. The largest absolute Gasteiger partial charge is 0.497 e. The number of hydrogen-bond donors (Lipinski definition) is 2. The fourth-order valence-corrected chi connectivity index (χ4v) is 3.70. The van der Waals surface area contributed by atoms with E-state index < -0.39 is 0 Å². The molecule has 0 spiro atoms. The fraction of sp³-hybridized carbons (Fsp3) is 0.231. The Morgan fingerprint density at radius 2 is 1.74 bits per heavy atom. The first-order valence-corrected chi connectivity index (χ1v) is 11.3. The number of nitrogens with zero attached hydrogens (tertiary/aromatic N) is 4. The number of carbonyl (C=O) groups is 1. The number of benzene rings is 3. The molecule has 1 aromatic heterocycles. The molecule has 3 aromatic carbocycles. The van der Waals surface area contributed by atoms with Crippen molar-refractivity contribution in [2.75, 3.05) is 19.0 Å². The molecular formula is C26H28N6O2. The van der Waals surface area contributed by atoms with E-state index >= 15 is 0 Å². The molecule has 4 rings (SSSR count). The van der Waals surface area contributed by atoms with Gasteiger partial charge in [0.25, 0.3) is 0 Å². The van der Waals surface area contributed by atoms with Crippen LogP contribution < -0.4 is 10.1 Å². The highest BCUT2D eigenvalue weighted by Crippen LogP contribution is 2.30. The van der Waals surface area contributed by atoms with Crippen molar-refractivity contribution < 1.29 is 9.53 Å². The van der Waals surface area contributed by atoms with Crippen molar-refractivity contribution in [1.29, 1.82) is 0 Å². The molecule has 0 saturated carbocycles. The van der Waals surface area contributed by atoms with Gasteiger partial charge < -0.3 is 15.0 Å². The maximum Gasteiger partial charge on any atom is 0.322 e. The summed E-state index contributed by atoms with van der Waals surface area (Å²) in [4.78, 5) is 14.8. The van der Waals surface area contributed by atoms with Gasteiger partial charge in [0.05, 0.1) is 7.11 Å². The molecule has 0 saturated heterocycles. The lowest BCUT2D eigenvalue weighted by Gasteiger charge is -2.23. The molecule has 0 aliphatic heterocycles. The van der Waals surface area contributed by atoms with Crippen molar-refractivity contribution in [3.63, 3.8) is 0 Å². The molecule has 0 aliphatic carbocycles. The van der Waals surface area contributed by atoms with Crippen LogP contribution in [0.3, 0.4) is 0 Å². The van der Waals surface area contributed by atoms with Crippen molar-refractivity contribution in [3.05, 3.63) is 78.4 Å². The van der Waals surface area contributed by atoms with E-state index in [4.69, 9.17) is 4.74 Å². The van der Waals surface area contributed by atoms with Gasteiger partial charge in [0, 0.05) is 24.3 Å². The van der Waals surface area contributed by atoms with E-state index in [0.717, 1.165) is 46.5 Å². The third-order valence-electron chi connectivity index (χ3n) is 5.58. The number of H-pyrrole nitrogens is 1. The van der Waals surface area contributed by atoms with Crippen LogP contribution in [0.4, 0.5) is 10.5 Å². The van der Waals surface area contributed by atoms with E-state index in [1.807, 2.05) is 53.4 Å². The SMILES string of the molecule is CCCCN(Cc1ccc(-c2ccccc2-c2nnn[nH]2)cc1)C(=O)Nc1ccc(OC)cc1. The second kappa shape index (κ2) is 11.1. The van der Waals surface area contributed by atoms with Crippen molar-refractivity contribution in [3.8, 4) is 28.3 Å². The number of unbranched alkanes of at least 4 members (excludes halogenated alkanes) is 1. The van der Waals surface area contributed by atoms with Gasteiger partial charge in [-0.25, -0.2) is 9.89 Å². The van der Waals surface area contributed by atoms with Crippen molar-refractivity contribution in [2.24, 2.45) is 0 Å². The first kappa shape index (κ1) is 23.0. The van der Waals surface area contributed by atoms with Gasteiger partial charge in [-0.05, 0) is 57.8 Å². The zero-order valence-electron chi connectivity index (χ0n) is 19.4. The third-order valence-corrected chi connectivity index (χ3v) is 5.58. The first-order valence-electron chi connectivity index (χ1n) is 11.3. The molecule has 34 heavy (non-hydrogen) atoms. The summed E-state index contributed by atoms with van der Waals surface area (Å²) in [5, 5.41) is 17.2. The summed E-state index contributed by atoms with van der Waals surface area (Å²) < 4.78 is 5.19. The van der Waals surface area contributed by atoms with Gasteiger partial charge in [-0.2, -0.15) is 0 Å². The number of aromatic amines is 1. The Morgan fingerprint density at radius 3 is 2.38 bits per heavy atom. The van der Waals surface area contributed by atoms with Crippen LogP contribution in [0.2, 0.25) is 0 Å². The predicted molar refractivity (Wildman–Crippen MR) is 132 cm³/mol. The molecule has 0 unspecified atom stereocenters. The van der Waals surface area contributed by atoms with Crippen LogP contribution >= 0.6 is 0 Å². The van der Waals surface area contributed by atoms with E-state index in [1.165, 1.54) is 0 Å². The highest BCUT2D eigenvalue weighted by atomic mass is 16.5. The summed E-state index contributed by atoms with van der Waals surface area (Å²) in [5.41, 5.74) is 4.82. The molecule has 4 aromatic rings. The lowest BCUT2D eigenvalue weighted by Crippen LogP contribution is -2.35. The summed E-state index contributed by atoms with van der Waals surface area (Å²) in [7, 11) is 1.62. The monoisotopic (exact) mass is 456 g/mol. The van der Waals surface area contributed by atoms with Gasteiger partial charge in [-0.15, -0.1) is 5.10 Å². The number of methoxy groups -OCH3 is 1. The van der Waals surface area contributed by atoms with Gasteiger partial charge in [-0.1, -0.05) is 61.9 Å². The third kappa shape index (κ3) is 5.58. The molecule has 8 heteroatoms. The number of amides is 2. The second-order valence-electron chi connectivity index (χ2n) is 7.93. The molecule has 2 amide bonds. The van der Waals surface area contributed by atoms with Gasteiger partial charge in [0.2, 0.25) is 0 Å². The number of aromatic nitrogens is 4. The Morgan fingerprint density at radius 1 is 1.00 bits per heavy atom. The number of ether oxygens (including phenoxy) is 1. The average molecular weight is 457 g/mol. The molecule has 1 heterocycles. The minimum Gasteiger partial charge on any atom is -0.497 e. The van der Waals surface area contributed by atoms with Crippen molar-refractivity contribution in [2.45, 2.75) is 26.3 Å². The van der Waals surface area contributed by atoms with Crippen molar-refractivity contribution in [1.82, 2.24) is 25.5 Å². The molecule has 2 N–H and O–H groups in total. The number of carbonyl (C=O) groups excluding carboxylic acids is 1. The van der Waals surface area contributed by atoms with E-state index in [-0.39, 0.29) is 6.03 Å². The Kier molecular flexibility index (Phi) is 7.49. The Balaban J connectivity index is 1.49. The molecule has 8 nitrogen and oxygen atoms in total. The summed E-state index contributed by atoms with van der Waals surface area (Å²) in [6, 6.07) is 23.5. The molecule has 0 radical (unpaired) electrons. The van der Waals surface area contributed by atoms with E-state index in [2.05, 4.69) is 57.1 Å². The lowest BCUT2D eigenvalue weighted by molar-refractivity contribution is 0.208. The Labute approximate surface area is 199 Å². The maximum absolute atomic E-state index is 13.0. The number of urea groups is 1. The topological polar surface area (TPSA) is 96.0 Å². The van der Waals surface area contributed by atoms with Gasteiger partial charge in [0.15, 0.2) is 5.82 Å². The lowest BCUT2D eigenvalue weighted by atomic mass is 9.98. The fourth-order valence-electron chi connectivity index (χ4n) is 3.70. The van der Waals surface area contributed by atoms with E-state index in [9.17, 15) is 4.79 Å². The maximum atomic E-state index is 13.0. The first-order chi connectivity index (χ1) is 16.7. The summed E-state index contributed by atoms with van der Waals surface area (Å²) >= 11 is 0. The minimum absolute atomic E-state index is 0.120. The number of rotatable bonds is 9. The molecule has 0 bridgehead atoms. The molecule has 174 valence electrons. The molecule has 0 fully saturated rings. The standard InChI is InChI=1S/C26H28N6O2/c1-3-4-17-32(26(33)27-21-13-15-22(34-2)16-14-21)18-19-9-11-20(12-10-19)23-7-5-6-8-24(23)25-28-30-31-29-25/h5-16H,3-4,17-18H2,1-2H3,(H,27,33)(H,28,29,30,31). The predicted octanol–water partition coefficient (Wildman–Crippen LogP) is 5.38. The van der Waals surface area contributed by atoms with Crippen LogP contribution in [-0.2, 0) is 6.54 Å². The summed E-state index contributed by atoms with van der Waals surface area (Å²) in [6.45, 7) is 3.33. The number of anilines is 1. The van der Waals surface area contributed by atoms with Crippen LogP contribution in [0.5, 0.6) is 5.75 Å². The molecule has 0 atom stereocenters. The zero-order chi connectivity index (χ0) is 23.8. The minimum atomic E-state index is -0.120. The second-order valence-corrected chi connectivity index (χ2v) is 7.93. The normalized spacial score (nSPS) is 10.6. The van der Waals surface area contributed by atoms with Crippen LogP contribution in [0.25, 0.3) is 22.5 Å². The highest BCUT2D eigenvalue weighted by molar-refractivity contribution is 5.89. The summed E-state index contributed by atoms with van der Waals surface area (Å²) in [6.07, 6.45) is 1.95. The zero-order valence-corrected chi connectivity index (χ0v) is 19.4. The number of tetrazole rings is 1. The van der Waals surface area contributed by atoms with Crippen LogP contribution in [0.15, 0.2) is 72.8 Å². The van der Waals surface area contributed by atoms with Crippen LogP contribution in [-0.4, -0.2) is 45.2 Å². The molecular weight excluding hydrogens is 428 g/mol. The van der Waals surface area contributed by atoms with Crippen molar-refractivity contribution >= 4 is 11.7 Å². The van der Waals surface area contributed by atoms with Crippen LogP contribution in [0, 0.1) is 0 Å². The number of nitrogens with one attached hydrogen (secondary N) is 2. The number of hydrogen-bond acceptors (Lipinski definition) is 5. The smallest absolute Gasteiger partial charge is 0.322 e.